The predicted molar refractivity (Wildman–Crippen MR) is 215 cm³/mol. The number of benzene rings is 3. The van der Waals surface area contributed by atoms with E-state index < -0.39 is 0 Å². The second kappa shape index (κ2) is 15.1. The molecule has 3 atom stereocenters. The summed E-state index contributed by atoms with van der Waals surface area (Å²) in [7, 11) is 0. The van der Waals surface area contributed by atoms with E-state index in [0.717, 1.165) is 40.0 Å². The molecule has 0 aliphatic heterocycles. The SMILES string of the molecule is CC1=C[C@H](C(C)(C)C)C[C@H](C)C1c1c(C)nn(-c2[c-]c(Oc3[c-]c4c(cc3)c3ccccc3n4-c3cc(CC(C)C)ccn3)cc(C(C)C)c2)c1C.[Pt+2]. The smallest absolute Gasteiger partial charge is 0.509 e. The molecule has 6 aromatic rings. The molecule has 0 spiro atoms. The number of nitrogens with zero attached hydrogens (tertiary/aromatic N) is 4. The first kappa shape index (κ1) is 38.8. The summed E-state index contributed by atoms with van der Waals surface area (Å²) in [4.78, 5) is 4.84. The number of rotatable bonds is 8. The van der Waals surface area contributed by atoms with Crippen molar-refractivity contribution in [1.82, 2.24) is 19.3 Å². The minimum atomic E-state index is 0. The summed E-state index contributed by atoms with van der Waals surface area (Å²) in [5.74, 6) is 4.49. The Bertz CT molecular complexity index is 2300. The number of hydrogen-bond donors (Lipinski definition) is 0. The van der Waals surface area contributed by atoms with Gasteiger partial charge in [0.05, 0.1) is 5.69 Å². The van der Waals surface area contributed by atoms with Gasteiger partial charge < -0.3 is 9.30 Å². The zero-order valence-corrected chi connectivity index (χ0v) is 35.5. The Hall–Kier alpha value is -3.95. The Morgan fingerprint density at radius 2 is 1.66 bits per heavy atom. The van der Waals surface area contributed by atoms with Crippen LogP contribution in [0.1, 0.15) is 109 Å². The third-order valence-electron chi connectivity index (χ3n) is 11.1. The van der Waals surface area contributed by atoms with Crippen molar-refractivity contribution in [1.29, 1.82) is 0 Å². The molecule has 278 valence electrons. The first-order valence-electron chi connectivity index (χ1n) is 19.1. The molecule has 0 N–H and O–H groups in total. The van der Waals surface area contributed by atoms with Gasteiger partial charge in [0.2, 0.25) is 0 Å². The van der Waals surface area contributed by atoms with Gasteiger partial charge in [0, 0.05) is 40.4 Å². The van der Waals surface area contributed by atoms with Crippen molar-refractivity contribution in [2.24, 2.45) is 23.2 Å². The first-order chi connectivity index (χ1) is 24.7. The summed E-state index contributed by atoms with van der Waals surface area (Å²) in [6.45, 7) is 25.1. The quantitative estimate of drug-likeness (QED) is 0.113. The number of para-hydroxylation sites is 1. The van der Waals surface area contributed by atoms with Crippen molar-refractivity contribution in [3.63, 3.8) is 0 Å². The van der Waals surface area contributed by atoms with Gasteiger partial charge in [-0.3, -0.25) is 4.68 Å². The maximum absolute atomic E-state index is 6.68. The molecule has 5 nitrogen and oxygen atoms in total. The van der Waals surface area contributed by atoms with Crippen LogP contribution in [0.5, 0.6) is 11.5 Å². The first-order valence-corrected chi connectivity index (χ1v) is 19.1. The molecular formula is C47H54N4OPt. The monoisotopic (exact) mass is 885 g/mol. The van der Waals surface area contributed by atoms with Crippen molar-refractivity contribution >= 4 is 21.8 Å². The number of aryl methyl sites for hydroxylation is 1. The van der Waals surface area contributed by atoms with Gasteiger partial charge in [-0.15, -0.1) is 41.3 Å². The minimum absolute atomic E-state index is 0. The minimum Gasteiger partial charge on any atom is -0.509 e. The molecule has 1 aliphatic carbocycles. The standard InChI is InChI=1S/C47H54N4O.Pt/c1-28(2)20-34-18-19-48-44(23-34)50-42-15-13-12-14-40(42)41-17-16-38(27-43(41)50)52-39-25-35(29(3)4)24-37(26-39)51-33(8)46(32(7)49-51)45-30(5)21-36(22-31(45)6)47(9,10)11;/h12-19,21,23-25,28-29,31,36,45H,20,22H2,1-11H3;/q-2;+2/t31-,36-,45?;/m0./s1. The van der Waals surface area contributed by atoms with Crippen LogP contribution >= 0.6 is 0 Å². The third-order valence-corrected chi connectivity index (χ3v) is 11.1. The molecule has 7 rings (SSSR count). The van der Waals surface area contributed by atoms with Crippen LogP contribution < -0.4 is 4.74 Å². The Balaban J connectivity index is 0.00000481. The number of hydrogen-bond acceptors (Lipinski definition) is 3. The van der Waals surface area contributed by atoms with Crippen molar-refractivity contribution in [3.05, 3.63) is 119 Å². The molecule has 0 amide bonds. The zero-order valence-electron chi connectivity index (χ0n) is 33.2. The molecule has 3 heterocycles. The van der Waals surface area contributed by atoms with Gasteiger partial charge in [-0.25, -0.2) is 4.98 Å². The average Bonchev–Trinajstić information content (AvgIpc) is 3.56. The van der Waals surface area contributed by atoms with Crippen molar-refractivity contribution in [2.45, 2.75) is 101 Å². The van der Waals surface area contributed by atoms with E-state index in [1.54, 1.807) is 0 Å². The van der Waals surface area contributed by atoms with Crippen LogP contribution in [0.2, 0.25) is 0 Å². The van der Waals surface area contributed by atoms with Crippen LogP contribution in [0.4, 0.5) is 0 Å². The van der Waals surface area contributed by atoms with Crippen molar-refractivity contribution in [2.75, 3.05) is 0 Å². The van der Waals surface area contributed by atoms with Crippen molar-refractivity contribution in [3.8, 4) is 23.0 Å². The molecule has 1 unspecified atom stereocenters. The molecule has 1 aliphatic rings. The maximum atomic E-state index is 6.68. The molecule has 0 radical (unpaired) electrons. The van der Waals surface area contributed by atoms with Gasteiger partial charge in [-0.05, 0) is 97.5 Å². The number of ether oxygens (including phenoxy) is 1. The summed E-state index contributed by atoms with van der Waals surface area (Å²) >= 11 is 0. The average molecular weight is 886 g/mol. The molecule has 3 aromatic carbocycles. The Labute approximate surface area is 331 Å². The molecule has 6 heteroatoms. The van der Waals surface area contributed by atoms with E-state index in [4.69, 9.17) is 14.8 Å². The number of allylic oxidation sites excluding steroid dienone is 2. The number of aromatic nitrogens is 4. The van der Waals surface area contributed by atoms with Gasteiger partial charge >= 0.3 is 21.1 Å². The van der Waals surface area contributed by atoms with Crippen LogP contribution in [-0.4, -0.2) is 19.3 Å². The maximum Gasteiger partial charge on any atom is 2.00 e. The summed E-state index contributed by atoms with van der Waals surface area (Å²) in [5, 5.41) is 7.44. The number of fused-ring (bicyclic) bond motifs is 3. The predicted octanol–water partition coefficient (Wildman–Crippen LogP) is 12.4. The van der Waals surface area contributed by atoms with E-state index in [-0.39, 0.29) is 26.5 Å². The van der Waals surface area contributed by atoms with E-state index >= 15 is 0 Å². The topological polar surface area (TPSA) is 44.9 Å². The Morgan fingerprint density at radius 1 is 0.906 bits per heavy atom. The third kappa shape index (κ3) is 7.57. The normalized spacial score (nSPS) is 17.8. The fourth-order valence-electron chi connectivity index (χ4n) is 8.45. The molecule has 3 aromatic heterocycles. The molecular weight excluding hydrogens is 832 g/mol. The van der Waals surface area contributed by atoms with E-state index in [1.807, 2.05) is 12.3 Å². The fourth-order valence-corrected chi connectivity index (χ4v) is 8.45. The largest absolute Gasteiger partial charge is 2.00 e. The summed E-state index contributed by atoms with van der Waals surface area (Å²) in [6, 6.07) is 28.6. The Kier molecular flexibility index (Phi) is 11.0. The number of pyridine rings is 1. The summed E-state index contributed by atoms with van der Waals surface area (Å²) in [6.07, 6.45) is 6.63. The summed E-state index contributed by atoms with van der Waals surface area (Å²) < 4.78 is 11.0. The van der Waals surface area contributed by atoms with Gasteiger partial charge in [0.25, 0.3) is 0 Å². The van der Waals surface area contributed by atoms with E-state index in [2.05, 4.69) is 158 Å². The van der Waals surface area contributed by atoms with E-state index in [1.165, 1.54) is 39.8 Å². The molecule has 0 bridgehead atoms. The molecule has 0 fully saturated rings. The van der Waals surface area contributed by atoms with Crippen LogP contribution in [0.3, 0.4) is 0 Å². The van der Waals surface area contributed by atoms with Crippen LogP contribution in [0, 0.1) is 49.1 Å². The summed E-state index contributed by atoms with van der Waals surface area (Å²) in [5.41, 5.74) is 10.7. The Morgan fingerprint density at radius 3 is 2.36 bits per heavy atom. The molecule has 53 heavy (non-hydrogen) atoms. The zero-order chi connectivity index (χ0) is 37.1. The van der Waals surface area contributed by atoms with Gasteiger partial charge in [0.1, 0.15) is 5.82 Å². The fraction of sp³-hybridized carbons (Fsp3) is 0.404. The van der Waals surface area contributed by atoms with Crippen molar-refractivity contribution < 1.29 is 25.8 Å². The van der Waals surface area contributed by atoms with Gasteiger partial charge in [-0.1, -0.05) is 90.8 Å². The second-order valence-corrected chi connectivity index (χ2v) is 17.0. The molecule has 0 saturated heterocycles. The second-order valence-electron chi connectivity index (χ2n) is 17.0. The van der Waals surface area contributed by atoms with E-state index in [9.17, 15) is 0 Å². The van der Waals surface area contributed by atoms with Gasteiger partial charge in [0.15, 0.2) is 0 Å². The van der Waals surface area contributed by atoms with E-state index in [0.29, 0.717) is 41.1 Å². The molecule has 0 saturated carbocycles. The van der Waals surface area contributed by atoms with Crippen LogP contribution in [0.15, 0.2) is 78.5 Å². The van der Waals surface area contributed by atoms with Crippen LogP contribution in [0.25, 0.3) is 33.3 Å². The van der Waals surface area contributed by atoms with Crippen LogP contribution in [-0.2, 0) is 27.5 Å². The van der Waals surface area contributed by atoms with Gasteiger partial charge in [-0.2, -0.15) is 11.2 Å².